The van der Waals surface area contributed by atoms with Gasteiger partial charge in [0.1, 0.15) is 18.2 Å². The summed E-state index contributed by atoms with van der Waals surface area (Å²) in [6.45, 7) is 0.281. The summed E-state index contributed by atoms with van der Waals surface area (Å²) in [6.07, 6.45) is 0. The number of aliphatic imine (C=N–C) groups is 1. The van der Waals surface area contributed by atoms with Crippen LogP contribution in [0.3, 0.4) is 0 Å². The van der Waals surface area contributed by atoms with Gasteiger partial charge in [0.05, 0.1) is 5.69 Å². The fourth-order valence-corrected chi connectivity index (χ4v) is 3.25. The molecule has 148 valence electrons. The van der Waals surface area contributed by atoms with Crippen molar-refractivity contribution in [2.24, 2.45) is 10.7 Å². The SMILES string of the molecule is N=C(N=C(N)c1cc2ccccc2cc1COc1ccccc1N)c1ccccc1. The molecule has 0 aliphatic heterocycles. The molecule has 5 heteroatoms. The molecule has 0 radical (unpaired) electrons. The van der Waals surface area contributed by atoms with Crippen molar-refractivity contribution in [2.45, 2.75) is 6.61 Å². The van der Waals surface area contributed by atoms with Crippen LogP contribution in [0.25, 0.3) is 10.8 Å². The predicted octanol–water partition coefficient (Wildman–Crippen LogP) is 4.73. The maximum absolute atomic E-state index is 8.29. The predicted molar refractivity (Wildman–Crippen MR) is 123 cm³/mol. The first-order valence-corrected chi connectivity index (χ1v) is 9.59. The van der Waals surface area contributed by atoms with Gasteiger partial charge in [-0.05, 0) is 35.0 Å². The number of benzene rings is 4. The Balaban J connectivity index is 1.71. The molecule has 0 spiro atoms. The van der Waals surface area contributed by atoms with Gasteiger partial charge in [0.15, 0.2) is 5.84 Å². The van der Waals surface area contributed by atoms with Crippen molar-refractivity contribution in [3.63, 3.8) is 0 Å². The van der Waals surface area contributed by atoms with Crippen molar-refractivity contribution in [3.05, 3.63) is 108 Å². The molecule has 0 fully saturated rings. The number of rotatable bonds is 5. The number of nitrogens with two attached hydrogens (primary N) is 2. The first-order chi connectivity index (χ1) is 14.6. The van der Waals surface area contributed by atoms with Crippen LogP contribution in [0.15, 0.2) is 96.0 Å². The zero-order chi connectivity index (χ0) is 20.9. The van der Waals surface area contributed by atoms with Crippen molar-refractivity contribution in [1.29, 1.82) is 5.41 Å². The highest BCUT2D eigenvalue weighted by Crippen LogP contribution is 2.25. The third kappa shape index (κ3) is 4.15. The minimum atomic E-state index is 0.112. The molecule has 4 aromatic rings. The highest BCUT2D eigenvalue weighted by atomic mass is 16.5. The quantitative estimate of drug-likeness (QED) is 0.259. The van der Waals surface area contributed by atoms with E-state index in [4.69, 9.17) is 21.6 Å². The Labute approximate surface area is 175 Å². The van der Waals surface area contributed by atoms with Crippen LogP contribution in [-0.4, -0.2) is 11.7 Å². The van der Waals surface area contributed by atoms with Crippen LogP contribution in [0.5, 0.6) is 5.75 Å². The van der Waals surface area contributed by atoms with Crippen molar-refractivity contribution < 1.29 is 4.74 Å². The first-order valence-electron chi connectivity index (χ1n) is 9.59. The van der Waals surface area contributed by atoms with E-state index in [9.17, 15) is 0 Å². The lowest BCUT2D eigenvalue weighted by atomic mass is 10.0. The summed E-state index contributed by atoms with van der Waals surface area (Å²) in [5.41, 5.74) is 15.2. The molecule has 0 saturated heterocycles. The van der Waals surface area contributed by atoms with Crippen LogP contribution in [0.4, 0.5) is 5.69 Å². The van der Waals surface area contributed by atoms with E-state index in [-0.39, 0.29) is 18.3 Å². The number of anilines is 1. The molecular weight excluding hydrogens is 372 g/mol. The Morgan fingerprint density at radius 3 is 2.20 bits per heavy atom. The van der Waals surface area contributed by atoms with E-state index in [1.165, 1.54) is 0 Å². The molecule has 30 heavy (non-hydrogen) atoms. The highest BCUT2D eigenvalue weighted by molar-refractivity contribution is 6.11. The number of nitrogens with zero attached hydrogens (tertiary/aromatic N) is 1. The zero-order valence-corrected chi connectivity index (χ0v) is 16.4. The van der Waals surface area contributed by atoms with E-state index in [1.807, 2.05) is 84.9 Å². The Bertz CT molecular complexity index is 1230. The van der Waals surface area contributed by atoms with Crippen LogP contribution in [0.2, 0.25) is 0 Å². The largest absolute Gasteiger partial charge is 0.487 e. The lowest BCUT2D eigenvalue weighted by Gasteiger charge is -2.14. The van der Waals surface area contributed by atoms with E-state index in [2.05, 4.69) is 4.99 Å². The van der Waals surface area contributed by atoms with Crippen LogP contribution in [-0.2, 0) is 6.61 Å². The standard InChI is InChI=1S/C25H22N4O/c26-22-12-6-7-13-23(22)30-16-20-14-18-10-4-5-11-19(18)15-21(20)25(28)29-24(27)17-8-2-1-3-9-17/h1-15H,16,26H2,(H3,27,28,29). The summed E-state index contributed by atoms with van der Waals surface area (Å²) >= 11 is 0. The van der Waals surface area contributed by atoms with Crippen LogP contribution < -0.4 is 16.2 Å². The highest BCUT2D eigenvalue weighted by Gasteiger charge is 2.12. The molecule has 0 saturated carbocycles. The number of ether oxygens (including phenoxy) is 1. The maximum Gasteiger partial charge on any atom is 0.154 e. The second-order valence-electron chi connectivity index (χ2n) is 6.89. The zero-order valence-electron chi connectivity index (χ0n) is 16.4. The van der Waals surface area contributed by atoms with Crippen LogP contribution in [0, 0.1) is 5.41 Å². The van der Waals surface area contributed by atoms with Gasteiger partial charge in [-0.2, -0.15) is 0 Å². The van der Waals surface area contributed by atoms with Gasteiger partial charge in [-0.1, -0.05) is 66.7 Å². The number of amidine groups is 2. The molecule has 0 aliphatic rings. The number of nitrogen functional groups attached to an aromatic ring is 1. The molecule has 5 N–H and O–H groups in total. The summed E-state index contributed by atoms with van der Waals surface area (Å²) in [4.78, 5) is 4.35. The van der Waals surface area contributed by atoms with Gasteiger partial charge < -0.3 is 16.2 Å². The molecule has 0 atom stereocenters. The second-order valence-corrected chi connectivity index (χ2v) is 6.89. The van der Waals surface area contributed by atoms with Crippen molar-refractivity contribution in [1.82, 2.24) is 0 Å². The van der Waals surface area contributed by atoms with Gasteiger partial charge in [-0.3, -0.25) is 5.41 Å². The normalized spacial score (nSPS) is 11.4. The minimum absolute atomic E-state index is 0.112. The van der Waals surface area contributed by atoms with Gasteiger partial charge in [-0.15, -0.1) is 0 Å². The molecule has 0 amide bonds. The molecule has 0 bridgehead atoms. The summed E-state index contributed by atoms with van der Waals surface area (Å²) < 4.78 is 5.96. The van der Waals surface area contributed by atoms with Gasteiger partial charge in [0, 0.05) is 16.7 Å². The topological polar surface area (TPSA) is 97.5 Å². The van der Waals surface area contributed by atoms with Gasteiger partial charge in [0.2, 0.25) is 0 Å². The molecule has 0 heterocycles. The van der Waals surface area contributed by atoms with Crippen LogP contribution in [0.1, 0.15) is 16.7 Å². The fourth-order valence-electron chi connectivity index (χ4n) is 3.25. The average molecular weight is 394 g/mol. The molecule has 5 nitrogen and oxygen atoms in total. The Kier molecular flexibility index (Phi) is 5.44. The number of hydrogen-bond donors (Lipinski definition) is 3. The fraction of sp³-hybridized carbons (Fsp3) is 0.0400. The monoisotopic (exact) mass is 394 g/mol. The van der Waals surface area contributed by atoms with E-state index in [1.54, 1.807) is 6.07 Å². The molecule has 0 unspecified atom stereocenters. The molecular formula is C25H22N4O. The van der Waals surface area contributed by atoms with Crippen molar-refractivity contribution in [2.75, 3.05) is 5.73 Å². The molecule has 0 aliphatic carbocycles. The smallest absolute Gasteiger partial charge is 0.154 e. The number of hydrogen-bond acceptors (Lipinski definition) is 3. The summed E-state index contributed by atoms with van der Waals surface area (Å²) in [7, 11) is 0. The third-order valence-corrected chi connectivity index (χ3v) is 4.83. The van der Waals surface area contributed by atoms with Gasteiger partial charge in [0.25, 0.3) is 0 Å². The van der Waals surface area contributed by atoms with Gasteiger partial charge >= 0.3 is 0 Å². The Morgan fingerprint density at radius 1 is 0.833 bits per heavy atom. The summed E-state index contributed by atoms with van der Waals surface area (Å²) in [5, 5.41) is 10.4. The molecule has 4 aromatic carbocycles. The van der Waals surface area contributed by atoms with E-state index in [0.717, 1.165) is 21.9 Å². The van der Waals surface area contributed by atoms with Crippen molar-refractivity contribution in [3.8, 4) is 5.75 Å². The summed E-state index contributed by atoms with van der Waals surface area (Å²) in [5.74, 6) is 0.999. The Hall–Kier alpha value is -4.12. The molecule has 0 aromatic heterocycles. The van der Waals surface area contributed by atoms with Crippen LogP contribution >= 0.6 is 0 Å². The lowest BCUT2D eigenvalue weighted by molar-refractivity contribution is 0.308. The van der Waals surface area contributed by atoms with Gasteiger partial charge in [-0.25, -0.2) is 4.99 Å². The number of para-hydroxylation sites is 2. The minimum Gasteiger partial charge on any atom is -0.487 e. The lowest BCUT2D eigenvalue weighted by Crippen LogP contribution is -2.19. The van der Waals surface area contributed by atoms with Crippen molar-refractivity contribution >= 4 is 28.1 Å². The maximum atomic E-state index is 8.29. The second kappa shape index (κ2) is 8.49. The summed E-state index contributed by atoms with van der Waals surface area (Å²) in [6, 6.07) is 28.7. The number of fused-ring (bicyclic) bond motifs is 1. The molecule has 4 rings (SSSR count). The van der Waals surface area contributed by atoms with E-state index >= 15 is 0 Å². The third-order valence-electron chi connectivity index (χ3n) is 4.83. The average Bonchev–Trinajstić information content (AvgIpc) is 2.78. The Morgan fingerprint density at radius 2 is 1.47 bits per heavy atom. The number of nitrogens with one attached hydrogen (secondary N) is 1. The first kappa shape index (κ1) is 19.2. The van der Waals surface area contributed by atoms with E-state index < -0.39 is 0 Å². The van der Waals surface area contributed by atoms with E-state index in [0.29, 0.717) is 17.0 Å².